The summed E-state index contributed by atoms with van der Waals surface area (Å²) in [6, 6.07) is 210. The second-order valence-electron chi connectivity index (χ2n) is 38.9. The fourth-order valence-corrected chi connectivity index (χ4v) is 23.4. The van der Waals surface area contributed by atoms with E-state index < -0.39 is 0 Å². The van der Waals surface area contributed by atoms with Crippen LogP contribution in [0.15, 0.2) is 576 Å². The number of aryl methyl sites for hydroxylation is 1. The molecule has 0 radical (unpaired) electrons. The number of fused-ring (bicyclic) bond motifs is 14. The van der Waals surface area contributed by atoms with E-state index >= 15 is 0 Å². The molecule has 2 aromatic heterocycles. The van der Waals surface area contributed by atoms with Crippen molar-refractivity contribution in [3.63, 3.8) is 0 Å². The van der Waals surface area contributed by atoms with Crippen LogP contribution in [0.1, 0.15) is 5.56 Å². The Hall–Kier alpha value is -19.4. The third-order valence-electron chi connectivity index (χ3n) is 30.3. The van der Waals surface area contributed by atoms with Crippen LogP contribution >= 0.6 is 0 Å². The SMILES string of the molecule is Cc1ccc(-c2cccc(-c3c4ccccc4c(-c4ccc5ccccc5c4)c4ccccc34)c2)c2ccccc12.c1ccc(-c2ccc(-n3c4ccccc4c4cc(-c5ccc6c(c5)c5ccccc5n6-c5ccc(-c6ccccc6)cc5)ccc43)cc2)cc1.c1ccc(-c2cccc(N3c4cc(-c5ccccc5)ccc4B4c5ccc(N(c6ccccc6)c6ccccc6)cc5N(c5ccccc5)c5cccc3c54)c2)cc1. The Morgan fingerprint density at radius 3 is 1.05 bits per heavy atom. The van der Waals surface area contributed by atoms with Gasteiger partial charge < -0.3 is 23.8 Å². The Kier molecular flexibility index (Phi) is 22.6. The summed E-state index contributed by atoms with van der Waals surface area (Å²) >= 11 is 0. The standard InChI is InChI=1S/C54H38BN3.C48H32N2.C41H28/c1-6-18-39(19-7-1)41-22-16-29-46(36-41)58-51-31-17-30-50-54(51)55(48-34-32-42(37-52(48)58)40-20-8-2-9-21-40)49-35-33-47(38-53(49)57(50)45-27-14-5-15-28-45)56(43-23-10-3-11-24-43)44-25-12-4-13-26-44;1-3-11-33(12-4-1)35-19-25-39(26-20-35)49-45-17-9-7-15-41(45)43-31-37(23-29-47(43)49)38-24-30-48-44(32-38)42-16-8-10-18-46(42)50(48)40-27-21-36(22-28-40)34-13-5-2-6-14-34;1-27-21-24-34(35-16-5-4-15-33(27)35)30-13-10-14-31(26-30)40-36-17-6-8-19-38(36)41(39-20-9-7-18-37(39)40)32-23-22-28-11-2-3-12-29(28)25-32/h1-38H;1-32H;2-26H,1H3. The van der Waals surface area contributed by atoms with Gasteiger partial charge in [0, 0.05) is 84.1 Å². The lowest BCUT2D eigenvalue weighted by atomic mass is 9.33. The minimum atomic E-state index is 0.00509. The number of hydrogen-bond acceptors (Lipinski definition) is 3. The first-order valence-electron chi connectivity index (χ1n) is 51.4. The van der Waals surface area contributed by atoms with Gasteiger partial charge in [-0.1, -0.05) is 425 Å². The smallest absolute Gasteiger partial charge is 0.252 e. The Bertz CT molecular complexity index is 9480. The van der Waals surface area contributed by atoms with E-state index in [0.717, 1.165) is 39.8 Å². The molecule has 149 heavy (non-hydrogen) atoms. The van der Waals surface area contributed by atoms with E-state index in [-0.39, 0.29) is 6.71 Å². The molecule has 0 bridgehead atoms. The number of hydrogen-bond donors (Lipinski definition) is 0. The molecule has 0 spiro atoms. The van der Waals surface area contributed by atoms with E-state index in [9.17, 15) is 0 Å². The molecule has 0 N–H and O–H groups in total. The van der Waals surface area contributed by atoms with Crippen LogP contribution in [0.2, 0.25) is 0 Å². The minimum Gasteiger partial charge on any atom is -0.311 e. The average molecular weight is 1900 g/mol. The molecule has 0 amide bonds. The summed E-state index contributed by atoms with van der Waals surface area (Å²) in [5, 5.41) is 15.3. The van der Waals surface area contributed by atoms with E-state index in [4.69, 9.17) is 0 Å². The summed E-state index contributed by atoms with van der Waals surface area (Å²) in [6.45, 7) is 2.20. The van der Waals surface area contributed by atoms with Gasteiger partial charge in [-0.2, -0.15) is 0 Å². The highest BCUT2D eigenvalue weighted by molar-refractivity contribution is 7.00. The molecule has 29 rings (SSSR count). The number of rotatable bonds is 15. The fourth-order valence-electron chi connectivity index (χ4n) is 23.4. The zero-order valence-corrected chi connectivity index (χ0v) is 82.2. The van der Waals surface area contributed by atoms with E-state index in [1.807, 2.05) is 0 Å². The van der Waals surface area contributed by atoms with E-state index in [1.165, 1.54) is 220 Å². The molecule has 25 aromatic carbocycles. The Morgan fingerprint density at radius 2 is 0.523 bits per heavy atom. The van der Waals surface area contributed by atoms with Crippen LogP contribution in [0.4, 0.5) is 51.2 Å². The predicted molar refractivity (Wildman–Crippen MR) is 635 cm³/mol. The van der Waals surface area contributed by atoms with Crippen LogP contribution in [0, 0.1) is 6.92 Å². The van der Waals surface area contributed by atoms with E-state index in [1.54, 1.807) is 0 Å². The number of para-hydroxylation sites is 5. The highest BCUT2D eigenvalue weighted by Gasteiger charge is 2.44. The average Bonchev–Trinajstić information content (AvgIpc) is 1.68. The molecule has 27 aromatic rings. The number of anilines is 9. The summed E-state index contributed by atoms with van der Waals surface area (Å²) in [4.78, 5) is 7.33. The molecule has 6 heteroatoms. The summed E-state index contributed by atoms with van der Waals surface area (Å²) in [5.74, 6) is 0. The quantitative estimate of drug-likeness (QED) is 0.0753. The summed E-state index contributed by atoms with van der Waals surface area (Å²) in [7, 11) is 0. The van der Waals surface area contributed by atoms with Crippen molar-refractivity contribution in [3.8, 4) is 100 Å². The predicted octanol–water partition coefficient (Wildman–Crippen LogP) is 37.1. The number of nitrogens with zero attached hydrogens (tertiary/aromatic N) is 5. The normalized spacial score (nSPS) is 11.9. The van der Waals surface area contributed by atoms with Crippen LogP contribution in [-0.2, 0) is 0 Å². The van der Waals surface area contributed by atoms with Gasteiger partial charge in [0.05, 0.1) is 22.1 Å². The van der Waals surface area contributed by atoms with Gasteiger partial charge >= 0.3 is 0 Å². The third-order valence-corrected chi connectivity index (χ3v) is 30.3. The Morgan fingerprint density at radius 1 is 0.174 bits per heavy atom. The molecule has 0 unspecified atom stereocenters. The van der Waals surface area contributed by atoms with Crippen molar-refractivity contribution < 1.29 is 0 Å². The molecule has 698 valence electrons. The molecule has 0 fully saturated rings. The zero-order chi connectivity index (χ0) is 98.8. The van der Waals surface area contributed by atoms with Crippen LogP contribution in [0.5, 0.6) is 0 Å². The van der Waals surface area contributed by atoms with Crippen LogP contribution in [-0.4, -0.2) is 15.8 Å². The van der Waals surface area contributed by atoms with Gasteiger partial charge in [0.15, 0.2) is 0 Å². The maximum Gasteiger partial charge on any atom is 0.252 e. The van der Waals surface area contributed by atoms with Crippen molar-refractivity contribution in [2.24, 2.45) is 0 Å². The van der Waals surface area contributed by atoms with Crippen molar-refractivity contribution in [2.75, 3.05) is 14.7 Å². The molecule has 0 atom stereocenters. The number of aromatic nitrogens is 2. The molecule has 0 aliphatic carbocycles. The Labute approximate surface area is 867 Å². The summed E-state index contributed by atoms with van der Waals surface area (Å²) < 4.78 is 4.78. The van der Waals surface area contributed by atoms with Crippen molar-refractivity contribution in [3.05, 3.63) is 582 Å². The number of benzene rings is 25. The third kappa shape index (κ3) is 16.0. The highest BCUT2D eigenvalue weighted by Crippen LogP contribution is 2.51. The van der Waals surface area contributed by atoms with Crippen LogP contribution in [0.3, 0.4) is 0 Å². The molecule has 0 saturated heterocycles. The molecule has 2 aliphatic heterocycles. The van der Waals surface area contributed by atoms with Gasteiger partial charge in [-0.25, -0.2) is 0 Å². The van der Waals surface area contributed by atoms with Gasteiger partial charge in [-0.05, 0) is 313 Å². The lowest BCUT2D eigenvalue weighted by Gasteiger charge is -2.44. The van der Waals surface area contributed by atoms with Gasteiger partial charge in [0.1, 0.15) is 0 Å². The van der Waals surface area contributed by atoms with Gasteiger partial charge in [-0.3, -0.25) is 0 Å². The first-order chi connectivity index (χ1) is 73.9. The molecular weight excluding hydrogens is 1800 g/mol. The molecular formula is C143H98BN5. The lowest BCUT2D eigenvalue weighted by molar-refractivity contribution is 1.18. The first kappa shape index (κ1) is 88.5. The summed E-state index contributed by atoms with van der Waals surface area (Å²) in [6.07, 6.45) is 0. The molecule has 2 aliphatic rings. The molecule has 4 heterocycles. The highest BCUT2D eigenvalue weighted by atomic mass is 15.2. The van der Waals surface area contributed by atoms with Gasteiger partial charge in [0.25, 0.3) is 6.71 Å². The maximum atomic E-state index is 2.50. The van der Waals surface area contributed by atoms with Crippen molar-refractivity contribution in [1.82, 2.24) is 9.13 Å². The van der Waals surface area contributed by atoms with E-state index in [0.29, 0.717) is 0 Å². The van der Waals surface area contributed by atoms with Crippen molar-refractivity contribution in [1.29, 1.82) is 0 Å². The van der Waals surface area contributed by atoms with E-state index in [2.05, 4.69) is 607 Å². The largest absolute Gasteiger partial charge is 0.311 e. The van der Waals surface area contributed by atoms with Crippen molar-refractivity contribution >= 4 is 161 Å². The fraction of sp³-hybridized carbons (Fsp3) is 0.00699. The second kappa shape index (κ2) is 38.0. The van der Waals surface area contributed by atoms with Gasteiger partial charge in [0.2, 0.25) is 0 Å². The second-order valence-corrected chi connectivity index (χ2v) is 38.9. The zero-order valence-electron chi connectivity index (χ0n) is 82.2. The molecule has 0 saturated carbocycles. The summed E-state index contributed by atoms with van der Waals surface area (Å²) in [5.41, 5.74) is 42.4. The topological polar surface area (TPSA) is 19.6 Å². The maximum absolute atomic E-state index is 2.50. The lowest BCUT2D eigenvalue weighted by Crippen LogP contribution is -2.61. The molecule has 5 nitrogen and oxygen atoms in total. The first-order valence-corrected chi connectivity index (χ1v) is 51.4. The minimum absolute atomic E-state index is 0.00509. The van der Waals surface area contributed by atoms with Crippen LogP contribution < -0.4 is 31.1 Å². The van der Waals surface area contributed by atoms with Crippen LogP contribution in [0.25, 0.3) is 187 Å². The Balaban J connectivity index is 0.000000112. The van der Waals surface area contributed by atoms with Crippen molar-refractivity contribution in [2.45, 2.75) is 6.92 Å². The monoisotopic (exact) mass is 1900 g/mol. The van der Waals surface area contributed by atoms with Gasteiger partial charge in [-0.15, -0.1) is 0 Å².